The molecule has 0 spiro atoms. The number of nitrogens with one attached hydrogen (secondary N) is 1. The van der Waals surface area contributed by atoms with Crippen LogP contribution in [-0.2, 0) is 27.7 Å². The molecule has 36 heavy (non-hydrogen) atoms. The molecule has 1 saturated heterocycles. The number of rotatable bonds is 9. The summed E-state index contributed by atoms with van der Waals surface area (Å²) in [5.41, 5.74) is 2.18. The fourth-order valence-corrected chi connectivity index (χ4v) is 6.16. The van der Waals surface area contributed by atoms with E-state index in [1.54, 1.807) is 4.90 Å². The topological polar surface area (TPSA) is 75.7 Å². The average Bonchev–Trinajstić information content (AvgIpc) is 2.89. The van der Waals surface area contributed by atoms with Crippen molar-refractivity contribution >= 4 is 27.5 Å². The van der Waals surface area contributed by atoms with Crippen molar-refractivity contribution < 1.29 is 17.9 Å². The zero-order valence-electron chi connectivity index (χ0n) is 20.3. The molecular weight excluding hydrogens is 496 g/mol. The molecule has 0 radical (unpaired) electrons. The first kappa shape index (κ1) is 26.2. The number of methoxy groups -OCH3 is 1. The lowest BCUT2D eigenvalue weighted by Crippen LogP contribution is -2.51. The van der Waals surface area contributed by atoms with E-state index in [2.05, 4.69) is 16.9 Å². The summed E-state index contributed by atoms with van der Waals surface area (Å²) in [6, 6.07) is 23.1. The van der Waals surface area contributed by atoms with Crippen LogP contribution >= 0.6 is 11.6 Å². The van der Waals surface area contributed by atoms with Gasteiger partial charge in [-0.1, -0.05) is 72.3 Å². The van der Waals surface area contributed by atoms with Gasteiger partial charge in [0.1, 0.15) is 11.8 Å². The summed E-state index contributed by atoms with van der Waals surface area (Å²) in [6.45, 7) is 1.22. The number of hydrogen-bond donors (Lipinski definition) is 1. The van der Waals surface area contributed by atoms with E-state index in [1.165, 1.54) is 30.9 Å². The maximum Gasteiger partial charge on any atom is 0.241 e. The molecule has 0 bridgehead atoms. The Morgan fingerprint density at radius 2 is 1.61 bits per heavy atom. The third-order valence-electron chi connectivity index (χ3n) is 6.61. The monoisotopic (exact) mass is 526 g/mol. The van der Waals surface area contributed by atoms with Gasteiger partial charge in [0.2, 0.25) is 15.9 Å². The van der Waals surface area contributed by atoms with Gasteiger partial charge in [0.15, 0.2) is 0 Å². The van der Waals surface area contributed by atoms with Crippen molar-refractivity contribution in [2.45, 2.75) is 36.6 Å². The van der Waals surface area contributed by atoms with Crippen LogP contribution in [0.15, 0.2) is 83.8 Å². The van der Waals surface area contributed by atoms with Crippen LogP contribution < -0.4 is 9.46 Å². The minimum absolute atomic E-state index is 0.0132. The molecule has 1 atom stereocenters. The van der Waals surface area contributed by atoms with E-state index >= 15 is 0 Å². The minimum Gasteiger partial charge on any atom is -0.495 e. The number of carbonyl (C=O) groups is 1. The predicted molar refractivity (Wildman–Crippen MR) is 142 cm³/mol. The Kier molecular flexibility index (Phi) is 8.67. The van der Waals surface area contributed by atoms with Crippen LogP contribution in [0.2, 0.25) is 5.02 Å². The maximum absolute atomic E-state index is 13.6. The highest BCUT2D eigenvalue weighted by Crippen LogP contribution is 2.27. The van der Waals surface area contributed by atoms with Crippen LogP contribution in [0.3, 0.4) is 0 Å². The van der Waals surface area contributed by atoms with Crippen molar-refractivity contribution in [3.8, 4) is 5.75 Å². The van der Waals surface area contributed by atoms with Gasteiger partial charge >= 0.3 is 0 Å². The molecule has 1 heterocycles. The molecule has 1 amide bonds. The number of piperidine rings is 1. The van der Waals surface area contributed by atoms with Gasteiger partial charge in [0, 0.05) is 13.1 Å². The number of hydrogen-bond acceptors (Lipinski definition) is 4. The van der Waals surface area contributed by atoms with E-state index in [4.69, 9.17) is 16.3 Å². The summed E-state index contributed by atoms with van der Waals surface area (Å²) in [5, 5.41) is 0.187. The van der Waals surface area contributed by atoms with Crippen LogP contribution in [0, 0.1) is 5.92 Å². The van der Waals surface area contributed by atoms with Gasteiger partial charge in [0.25, 0.3) is 0 Å². The number of nitrogens with zero attached hydrogens (tertiary/aromatic N) is 1. The average molecular weight is 527 g/mol. The summed E-state index contributed by atoms with van der Waals surface area (Å²) < 4.78 is 34.3. The number of benzene rings is 3. The second-order valence-corrected chi connectivity index (χ2v) is 11.2. The van der Waals surface area contributed by atoms with Crippen LogP contribution in [0.1, 0.15) is 24.0 Å². The Labute approximate surface area is 218 Å². The second kappa shape index (κ2) is 11.9. The third kappa shape index (κ3) is 6.66. The molecule has 0 aromatic heterocycles. The summed E-state index contributed by atoms with van der Waals surface area (Å²) in [5.74, 6) is 0.674. The van der Waals surface area contributed by atoms with Gasteiger partial charge in [-0.2, -0.15) is 4.72 Å². The molecule has 1 fully saturated rings. The summed E-state index contributed by atoms with van der Waals surface area (Å²) in [7, 11) is -2.54. The zero-order valence-corrected chi connectivity index (χ0v) is 21.8. The van der Waals surface area contributed by atoms with Crippen molar-refractivity contribution in [1.29, 1.82) is 0 Å². The van der Waals surface area contributed by atoms with Crippen molar-refractivity contribution in [2.24, 2.45) is 5.92 Å². The molecule has 6 nitrogen and oxygen atoms in total. The molecule has 0 aliphatic carbocycles. The number of ether oxygens (including phenoxy) is 1. The molecule has 4 rings (SSSR count). The van der Waals surface area contributed by atoms with E-state index in [-0.39, 0.29) is 22.2 Å². The molecular formula is C28H31ClN2O4S. The highest BCUT2D eigenvalue weighted by atomic mass is 35.5. The van der Waals surface area contributed by atoms with Crippen LogP contribution in [0.4, 0.5) is 0 Å². The van der Waals surface area contributed by atoms with E-state index in [0.29, 0.717) is 24.8 Å². The number of carbonyl (C=O) groups excluding carboxylic acids is 1. The predicted octanol–water partition coefficient (Wildman–Crippen LogP) is 4.72. The lowest BCUT2D eigenvalue weighted by molar-refractivity contribution is -0.134. The molecule has 0 saturated carbocycles. The van der Waals surface area contributed by atoms with Crippen LogP contribution in [0.25, 0.3) is 0 Å². The second-order valence-electron chi connectivity index (χ2n) is 9.12. The first-order valence-corrected chi connectivity index (χ1v) is 13.9. The molecule has 8 heteroatoms. The van der Waals surface area contributed by atoms with Crippen molar-refractivity contribution in [3.63, 3.8) is 0 Å². The smallest absolute Gasteiger partial charge is 0.241 e. The lowest BCUT2D eigenvalue weighted by Gasteiger charge is -2.34. The van der Waals surface area contributed by atoms with Gasteiger partial charge in [-0.25, -0.2) is 8.42 Å². The quantitative estimate of drug-likeness (QED) is 0.438. The largest absolute Gasteiger partial charge is 0.495 e. The Morgan fingerprint density at radius 1 is 1.00 bits per heavy atom. The summed E-state index contributed by atoms with van der Waals surface area (Å²) in [6.07, 6.45) is 3.02. The summed E-state index contributed by atoms with van der Waals surface area (Å²) >= 11 is 6.17. The summed E-state index contributed by atoms with van der Waals surface area (Å²) in [4.78, 5) is 15.4. The van der Waals surface area contributed by atoms with E-state index in [1.807, 2.05) is 48.5 Å². The number of sulfonamides is 1. The Bertz CT molecular complexity index is 1260. The Balaban J connectivity index is 1.48. The molecule has 190 valence electrons. The fraction of sp³-hybridized carbons (Fsp3) is 0.321. The number of amides is 1. The zero-order chi connectivity index (χ0) is 25.5. The molecule has 3 aromatic rings. The SMILES string of the molecule is COc1ccc(S(=O)(=O)NC(Cc2ccccc2)C(=O)N2CCC(Cc3ccccc3)CC2)cc1Cl. The number of likely N-dealkylation sites (tertiary alicyclic amines) is 1. The molecule has 1 N–H and O–H groups in total. The molecule has 1 unspecified atom stereocenters. The molecule has 1 aliphatic heterocycles. The van der Waals surface area contributed by atoms with E-state index in [9.17, 15) is 13.2 Å². The fourth-order valence-electron chi connectivity index (χ4n) is 4.62. The molecule has 1 aliphatic rings. The normalized spacial score (nSPS) is 15.4. The van der Waals surface area contributed by atoms with Gasteiger partial charge in [-0.15, -0.1) is 0 Å². The van der Waals surface area contributed by atoms with Crippen molar-refractivity contribution in [3.05, 3.63) is 95.0 Å². The maximum atomic E-state index is 13.6. The van der Waals surface area contributed by atoms with Crippen molar-refractivity contribution in [1.82, 2.24) is 9.62 Å². The Hall–Kier alpha value is -2.87. The number of halogens is 1. The van der Waals surface area contributed by atoms with Gasteiger partial charge in [-0.05, 0) is 60.9 Å². The first-order chi connectivity index (χ1) is 17.4. The highest BCUT2D eigenvalue weighted by molar-refractivity contribution is 7.89. The van der Waals surface area contributed by atoms with Gasteiger partial charge in [-0.3, -0.25) is 4.79 Å². The van der Waals surface area contributed by atoms with E-state index < -0.39 is 16.1 Å². The van der Waals surface area contributed by atoms with E-state index in [0.717, 1.165) is 24.8 Å². The van der Waals surface area contributed by atoms with Crippen molar-refractivity contribution in [2.75, 3.05) is 20.2 Å². The highest BCUT2D eigenvalue weighted by Gasteiger charge is 2.32. The minimum atomic E-state index is -4.00. The third-order valence-corrected chi connectivity index (χ3v) is 8.37. The van der Waals surface area contributed by atoms with Crippen LogP contribution in [-0.4, -0.2) is 45.5 Å². The Morgan fingerprint density at radius 3 is 2.19 bits per heavy atom. The lowest BCUT2D eigenvalue weighted by atomic mass is 9.90. The van der Waals surface area contributed by atoms with Crippen LogP contribution in [0.5, 0.6) is 5.75 Å². The van der Waals surface area contributed by atoms with Gasteiger partial charge < -0.3 is 9.64 Å². The molecule has 3 aromatic carbocycles. The first-order valence-electron chi connectivity index (χ1n) is 12.1. The standard InChI is InChI=1S/C28H31ClN2O4S/c1-35-27-13-12-24(20-25(27)29)36(33,34)30-26(19-22-10-6-3-7-11-22)28(32)31-16-14-23(15-17-31)18-21-8-4-2-5-9-21/h2-13,20,23,26,30H,14-19H2,1H3. The van der Waals surface area contributed by atoms with Gasteiger partial charge in [0.05, 0.1) is 17.0 Å².